The molecule has 154 valence electrons. The number of nitrogens with one attached hydrogen (secondary N) is 1. The van der Waals surface area contributed by atoms with Crippen LogP contribution in [0.5, 0.6) is 0 Å². The Morgan fingerprint density at radius 3 is 2.90 bits per heavy atom. The minimum atomic E-state index is -0.637. The first-order valence-electron chi connectivity index (χ1n) is 10.0. The molecule has 3 atom stereocenters. The highest BCUT2D eigenvalue weighted by molar-refractivity contribution is 5.95. The van der Waals surface area contributed by atoms with Gasteiger partial charge in [0.25, 0.3) is 5.91 Å². The van der Waals surface area contributed by atoms with Gasteiger partial charge in [-0.25, -0.2) is 0 Å². The molecule has 0 aliphatic carbocycles. The average molecular weight is 396 g/mol. The molecule has 1 aliphatic heterocycles. The minimum absolute atomic E-state index is 0.0954. The van der Waals surface area contributed by atoms with Gasteiger partial charge in [-0.1, -0.05) is 13.8 Å². The Balaban J connectivity index is 1.83. The SMILES string of the molecule is CC(C)CC(CO)NC(=O)[C@H]1CN(c2ccc(C#N)c3ncccc23)C[C@@H](C)O1. The van der Waals surface area contributed by atoms with E-state index in [1.54, 1.807) is 12.3 Å². The number of benzene rings is 1. The van der Waals surface area contributed by atoms with Crippen LogP contribution in [0.3, 0.4) is 0 Å². The van der Waals surface area contributed by atoms with Crippen LogP contribution in [0.4, 0.5) is 5.69 Å². The molecule has 1 saturated heterocycles. The molecule has 7 nitrogen and oxygen atoms in total. The van der Waals surface area contributed by atoms with Crippen LogP contribution in [-0.2, 0) is 9.53 Å². The third-order valence-corrected chi connectivity index (χ3v) is 5.08. The summed E-state index contributed by atoms with van der Waals surface area (Å²) in [7, 11) is 0. The number of morpholine rings is 1. The molecule has 1 unspecified atom stereocenters. The van der Waals surface area contributed by atoms with Crippen molar-refractivity contribution in [2.75, 3.05) is 24.6 Å². The summed E-state index contributed by atoms with van der Waals surface area (Å²) >= 11 is 0. The number of rotatable bonds is 6. The van der Waals surface area contributed by atoms with Crippen LogP contribution in [0.2, 0.25) is 0 Å². The van der Waals surface area contributed by atoms with Gasteiger partial charge in [-0.05, 0) is 43.5 Å². The summed E-state index contributed by atoms with van der Waals surface area (Å²) in [5.74, 6) is 0.157. The minimum Gasteiger partial charge on any atom is -0.394 e. The van der Waals surface area contributed by atoms with Crippen LogP contribution in [0.15, 0.2) is 30.5 Å². The quantitative estimate of drug-likeness (QED) is 0.777. The van der Waals surface area contributed by atoms with Crippen LogP contribution in [0.25, 0.3) is 10.9 Å². The van der Waals surface area contributed by atoms with Gasteiger partial charge in [0.1, 0.15) is 6.07 Å². The summed E-state index contributed by atoms with van der Waals surface area (Å²) in [6.07, 6.45) is 1.61. The third-order valence-electron chi connectivity index (χ3n) is 5.08. The number of anilines is 1. The number of pyridine rings is 1. The summed E-state index contributed by atoms with van der Waals surface area (Å²) in [5, 5.41) is 22.7. The zero-order valence-electron chi connectivity index (χ0n) is 17.1. The Morgan fingerprint density at radius 1 is 1.41 bits per heavy atom. The summed E-state index contributed by atoms with van der Waals surface area (Å²) < 4.78 is 5.90. The van der Waals surface area contributed by atoms with Gasteiger partial charge in [-0.2, -0.15) is 5.26 Å². The van der Waals surface area contributed by atoms with Crippen LogP contribution in [-0.4, -0.2) is 53.9 Å². The molecular weight excluding hydrogens is 368 g/mol. The summed E-state index contributed by atoms with van der Waals surface area (Å²) in [6.45, 7) is 6.98. The number of nitriles is 1. The Labute approximate surface area is 171 Å². The van der Waals surface area contributed by atoms with Crippen molar-refractivity contribution in [3.63, 3.8) is 0 Å². The lowest BCUT2D eigenvalue weighted by atomic mass is 10.0. The fourth-order valence-corrected chi connectivity index (χ4v) is 3.86. The lowest BCUT2D eigenvalue weighted by molar-refractivity contribution is -0.138. The second-order valence-electron chi connectivity index (χ2n) is 8.00. The molecule has 2 N–H and O–H groups in total. The van der Waals surface area contributed by atoms with E-state index in [1.165, 1.54) is 0 Å². The smallest absolute Gasteiger partial charge is 0.251 e. The highest BCUT2D eigenvalue weighted by Crippen LogP contribution is 2.30. The van der Waals surface area contributed by atoms with E-state index in [0.29, 0.717) is 36.5 Å². The van der Waals surface area contributed by atoms with Crippen LogP contribution >= 0.6 is 0 Å². The molecule has 0 radical (unpaired) electrons. The number of hydrogen-bond donors (Lipinski definition) is 2. The molecule has 2 aromatic rings. The van der Waals surface area contributed by atoms with Gasteiger partial charge in [0.2, 0.25) is 0 Å². The van der Waals surface area contributed by atoms with Crippen molar-refractivity contribution in [2.24, 2.45) is 5.92 Å². The van der Waals surface area contributed by atoms with Crippen LogP contribution < -0.4 is 10.2 Å². The van der Waals surface area contributed by atoms with Gasteiger partial charge in [-0.15, -0.1) is 0 Å². The fourth-order valence-electron chi connectivity index (χ4n) is 3.86. The van der Waals surface area contributed by atoms with Gasteiger partial charge in [0, 0.05) is 23.8 Å². The maximum absolute atomic E-state index is 12.8. The monoisotopic (exact) mass is 396 g/mol. The predicted octanol–water partition coefficient (Wildman–Crippen LogP) is 2.22. The molecule has 0 spiro atoms. The highest BCUT2D eigenvalue weighted by atomic mass is 16.5. The molecule has 29 heavy (non-hydrogen) atoms. The van der Waals surface area contributed by atoms with E-state index in [-0.39, 0.29) is 24.7 Å². The summed E-state index contributed by atoms with van der Waals surface area (Å²) in [5.41, 5.74) is 2.12. The number of fused-ring (bicyclic) bond motifs is 1. The number of aromatic nitrogens is 1. The van der Waals surface area contributed by atoms with Crippen molar-refractivity contribution >= 4 is 22.5 Å². The van der Waals surface area contributed by atoms with Gasteiger partial charge in [-0.3, -0.25) is 9.78 Å². The van der Waals surface area contributed by atoms with E-state index in [0.717, 1.165) is 11.1 Å². The lowest BCUT2D eigenvalue weighted by Crippen LogP contribution is -2.55. The largest absolute Gasteiger partial charge is 0.394 e. The zero-order valence-corrected chi connectivity index (χ0v) is 17.1. The standard InChI is InChI=1S/C22H28N4O3/c1-14(2)9-17(13-27)25-22(28)20-12-26(11-15(3)29-20)19-7-6-16(10-23)21-18(19)5-4-8-24-21/h4-8,14-15,17,20,27H,9,11-13H2,1-3H3,(H,25,28)/t15-,17?,20-/m1/s1. The predicted molar refractivity (Wildman–Crippen MR) is 111 cm³/mol. The number of aliphatic hydroxyl groups excluding tert-OH is 1. The normalized spacial score (nSPS) is 20.5. The van der Waals surface area contributed by atoms with Crippen molar-refractivity contribution in [2.45, 2.75) is 45.4 Å². The average Bonchev–Trinajstić information content (AvgIpc) is 2.71. The Kier molecular flexibility index (Phi) is 6.68. The second kappa shape index (κ2) is 9.21. The molecule has 0 bridgehead atoms. The molecule has 1 aromatic carbocycles. The molecule has 3 rings (SSSR count). The van der Waals surface area contributed by atoms with E-state index in [9.17, 15) is 15.2 Å². The molecule has 1 fully saturated rings. The number of ether oxygens (including phenoxy) is 1. The number of carbonyl (C=O) groups excluding carboxylic acids is 1. The zero-order chi connectivity index (χ0) is 21.0. The number of hydrogen-bond acceptors (Lipinski definition) is 6. The summed E-state index contributed by atoms with van der Waals surface area (Å²) in [6, 6.07) is 9.37. The van der Waals surface area contributed by atoms with Crippen molar-refractivity contribution in [3.8, 4) is 6.07 Å². The first kappa shape index (κ1) is 21.0. The fraction of sp³-hybridized carbons (Fsp3) is 0.500. The molecule has 0 saturated carbocycles. The van der Waals surface area contributed by atoms with Crippen LogP contribution in [0, 0.1) is 17.2 Å². The van der Waals surface area contributed by atoms with E-state index < -0.39 is 6.10 Å². The first-order chi connectivity index (χ1) is 13.9. The lowest BCUT2D eigenvalue weighted by Gasteiger charge is -2.38. The topological polar surface area (TPSA) is 98.5 Å². The van der Waals surface area contributed by atoms with Gasteiger partial charge in [0.05, 0.1) is 36.4 Å². The number of carbonyl (C=O) groups is 1. The second-order valence-corrected chi connectivity index (χ2v) is 8.00. The van der Waals surface area contributed by atoms with E-state index in [1.807, 2.05) is 25.1 Å². The third kappa shape index (κ3) is 4.84. The molecule has 7 heteroatoms. The highest BCUT2D eigenvalue weighted by Gasteiger charge is 2.32. The van der Waals surface area contributed by atoms with Crippen LogP contribution in [0.1, 0.15) is 32.8 Å². The number of aliphatic hydroxyl groups is 1. The molecule has 1 amide bonds. The molecule has 1 aliphatic rings. The van der Waals surface area contributed by atoms with Gasteiger partial charge >= 0.3 is 0 Å². The van der Waals surface area contributed by atoms with Gasteiger partial charge in [0.15, 0.2) is 6.10 Å². The number of nitrogens with zero attached hydrogens (tertiary/aromatic N) is 3. The van der Waals surface area contributed by atoms with Crippen molar-refractivity contribution in [1.82, 2.24) is 10.3 Å². The van der Waals surface area contributed by atoms with Gasteiger partial charge < -0.3 is 20.1 Å². The molecule has 2 heterocycles. The molecular formula is C22H28N4O3. The van der Waals surface area contributed by atoms with Crippen molar-refractivity contribution < 1.29 is 14.6 Å². The Bertz CT molecular complexity index is 909. The summed E-state index contributed by atoms with van der Waals surface area (Å²) in [4.78, 5) is 19.3. The van der Waals surface area contributed by atoms with E-state index in [2.05, 4.69) is 35.1 Å². The van der Waals surface area contributed by atoms with E-state index in [4.69, 9.17) is 4.74 Å². The van der Waals surface area contributed by atoms with E-state index >= 15 is 0 Å². The maximum Gasteiger partial charge on any atom is 0.251 e. The van der Waals surface area contributed by atoms with Crippen molar-refractivity contribution in [3.05, 3.63) is 36.0 Å². The Hall–Kier alpha value is -2.69. The maximum atomic E-state index is 12.8. The molecule has 1 aromatic heterocycles. The number of amides is 1. The Morgan fingerprint density at radius 2 is 2.21 bits per heavy atom. The first-order valence-corrected chi connectivity index (χ1v) is 10.0. The van der Waals surface area contributed by atoms with Crippen molar-refractivity contribution in [1.29, 1.82) is 5.26 Å².